The minimum absolute atomic E-state index is 0.0425. The van der Waals surface area contributed by atoms with Gasteiger partial charge >= 0.3 is 0 Å². The molecule has 0 radical (unpaired) electrons. The highest BCUT2D eigenvalue weighted by Gasteiger charge is 2.27. The van der Waals surface area contributed by atoms with E-state index in [1.165, 1.54) is 0 Å². The van der Waals surface area contributed by atoms with Gasteiger partial charge in [-0.2, -0.15) is 0 Å². The molecule has 2 rings (SSSR count). The summed E-state index contributed by atoms with van der Waals surface area (Å²) in [4.78, 5) is 11.9. The molecule has 0 saturated heterocycles. The Bertz CT molecular complexity index is 396. The summed E-state index contributed by atoms with van der Waals surface area (Å²) < 4.78 is 13.4. The molecule has 0 amide bonds. The quantitative estimate of drug-likeness (QED) is 0.799. The zero-order valence-electron chi connectivity index (χ0n) is 10.3. The maximum Gasteiger partial charge on any atom is 0.176 e. The molecule has 0 aliphatic heterocycles. The van der Waals surface area contributed by atoms with E-state index >= 15 is 0 Å². The number of halogens is 1. The van der Waals surface area contributed by atoms with E-state index in [2.05, 4.69) is 5.32 Å². The van der Waals surface area contributed by atoms with Crippen molar-refractivity contribution in [3.63, 3.8) is 0 Å². The molecule has 4 heteroatoms. The first-order valence-electron chi connectivity index (χ1n) is 6.38. The average molecular weight is 250 g/mol. The fourth-order valence-corrected chi connectivity index (χ4v) is 2.29. The van der Waals surface area contributed by atoms with Gasteiger partial charge in [-0.1, -0.05) is 30.3 Å². The van der Waals surface area contributed by atoms with Crippen LogP contribution in [0.25, 0.3) is 0 Å². The molecule has 1 aromatic carbocycles. The van der Waals surface area contributed by atoms with Crippen LogP contribution in [0.2, 0.25) is 0 Å². The van der Waals surface area contributed by atoms with Crippen molar-refractivity contribution < 1.29 is 9.18 Å². The summed E-state index contributed by atoms with van der Waals surface area (Å²) in [5, 5.41) is 3.13. The van der Waals surface area contributed by atoms with E-state index in [1.54, 1.807) is 12.1 Å². The zero-order valence-corrected chi connectivity index (χ0v) is 10.3. The van der Waals surface area contributed by atoms with Crippen LogP contribution < -0.4 is 11.1 Å². The third kappa shape index (κ3) is 3.37. The maximum absolute atomic E-state index is 13.4. The molecule has 3 nitrogen and oxygen atoms in total. The highest BCUT2D eigenvalue weighted by atomic mass is 19.1. The Hall–Kier alpha value is -1.26. The van der Waals surface area contributed by atoms with Crippen molar-refractivity contribution in [1.82, 2.24) is 5.32 Å². The van der Waals surface area contributed by atoms with Crippen LogP contribution in [0.15, 0.2) is 30.3 Å². The Morgan fingerprint density at radius 3 is 2.72 bits per heavy atom. The van der Waals surface area contributed by atoms with Crippen molar-refractivity contribution in [3.05, 3.63) is 35.9 Å². The Labute approximate surface area is 107 Å². The highest BCUT2D eigenvalue weighted by Crippen LogP contribution is 2.20. The van der Waals surface area contributed by atoms with Crippen LogP contribution in [0.3, 0.4) is 0 Å². The predicted octanol–water partition coefficient (Wildman–Crippen LogP) is 1.68. The molecule has 98 valence electrons. The van der Waals surface area contributed by atoms with Crippen LogP contribution in [0.5, 0.6) is 0 Å². The summed E-state index contributed by atoms with van der Waals surface area (Å²) in [6, 6.07) is 8.85. The maximum atomic E-state index is 13.4. The van der Waals surface area contributed by atoms with Crippen LogP contribution in [-0.2, 0) is 0 Å². The van der Waals surface area contributed by atoms with E-state index in [0.29, 0.717) is 18.4 Å². The number of hydrogen-bond donors (Lipinski definition) is 2. The molecule has 0 unspecified atom stereocenters. The average Bonchev–Trinajstić information content (AvgIpc) is 2.41. The number of carbonyl (C=O) groups excluding carboxylic acids is 1. The van der Waals surface area contributed by atoms with Gasteiger partial charge in [-0.3, -0.25) is 4.79 Å². The summed E-state index contributed by atoms with van der Waals surface area (Å²) in [6.07, 6.45) is 0.966. The third-order valence-corrected chi connectivity index (χ3v) is 3.47. The van der Waals surface area contributed by atoms with Gasteiger partial charge < -0.3 is 11.1 Å². The molecule has 18 heavy (non-hydrogen) atoms. The summed E-state index contributed by atoms with van der Waals surface area (Å²) in [5.41, 5.74) is 6.31. The van der Waals surface area contributed by atoms with Crippen LogP contribution in [0.4, 0.5) is 4.39 Å². The molecule has 0 bridgehead atoms. The molecule has 1 aromatic rings. The largest absolute Gasteiger partial charge is 0.325 e. The van der Waals surface area contributed by atoms with Gasteiger partial charge in [-0.15, -0.1) is 0 Å². The number of Topliss-reactive ketones (excluding diaryl/α,β-unsaturated/α-hetero) is 1. The Balaban J connectivity index is 1.80. The van der Waals surface area contributed by atoms with Crippen molar-refractivity contribution in [3.8, 4) is 0 Å². The number of alkyl halides is 1. The minimum Gasteiger partial charge on any atom is -0.325 e. The second kappa shape index (κ2) is 6.07. The van der Waals surface area contributed by atoms with Crippen LogP contribution in [0.1, 0.15) is 29.6 Å². The van der Waals surface area contributed by atoms with Gasteiger partial charge in [-0.25, -0.2) is 4.39 Å². The molecule has 1 saturated carbocycles. The van der Waals surface area contributed by atoms with Gasteiger partial charge in [0, 0.05) is 17.6 Å². The fraction of sp³-hybridized carbons (Fsp3) is 0.500. The lowest BCUT2D eigenvalue weighted by Gasteiger charge is -2.29. The van der Waals surface area contributed by atoms with Crippen LogP contribution in [0, 0.1) is 0 Å². The lowest BCUT2D eigenvalue weighted by molar-refractivity contribution is 0.0977. The van der Waals surface area contributed by atoms with E-state index in [0.717, 1.165) is 6.42 Å². The third-order valence-electron chi connectivity index (χ3n) is 3.47. The Morgan fingerprint density at radius 1 is 1.33 bits per heavy atom. The van der Waals surface area contributed by atoms with Crippen molar-refractivity contribution in [2.45, 2.75) is 37.5 Å². The molecule has 0 heterocycles. The number of rotatable bonds is 4. The molecule has 3 N–H and O–H groups in total. The molecular weight excluding hydrogens is 231 g/mol. The second-order valence-electron chi connectivity index (χ2n) is 4.86. The first kappa shape index (κ1) is 13.2. The molecule has 1 aliphatic carbocycles. The molecule has 0 aromatic heterocycles. The summed E-state index contributed by atoms with van der Waals surface area (Å²) in [6.45, 7) is 0.261. The molecule has 3 atom stereocenters. The predicted molar refractivity (Wildman–Crippen MR) is 69.3 cm³/mol. The van der Waals surface area contributed by atoms with E-state index in [-0.39, 0.29) is 24.4 Å². The van der Waals surface area contributed by atoms with Gasteiger partial charge in [-0.05, 0) is 19.3 Å². The van der Waals surface area contributed by atoms with Crippen LogP contribution in [-0.4, -0.2) is 30.6 Å². The van der Waals surface area contributed by atoms with Crippen LogP contribution >= 0.6 is 0 Å². The van der Waals surface area contributed by atoms with Crippen molar-refractivity contribution in [2.24, 2.45) is 5.73 Å². The lowest BCUT2D eigenvalue weighted by Crippen LogP contribution is -2.45. The number of nitrogens with one attached hydrogen (secondary N) is 1. The number of nitrogens with two attached hydrogens (primary N) is 1. The number of ketones is 1. The first-order valence-corrected chi connectivity index (χ1v) is 6.38. The van der Waals surface area contributed by atoms with Crippen molar-refractivity contribution in [1.29, 1.82) is 0 Å². The van der Waals surface area contributed by atoms with E-state index < -0.39 is 6.17 Å². The van der Waals surface area contributed by atoms with Gasteiger partial charge in [0.15, 0.2) is 5.78 Å². The summed E-state index contributed by atoms with van der Waals surface area (Å²) >= 11 is 0. The monoisotopic (exact) mass is 250 g/mol. The Morgan fingerprint density at radius 2 is 2.06 bits per heavy atom. The van der Waals surface area contributed by atoms with Gasteiger partial charge in [0.25, 0.3) is 0 Å². The van der Waals surface area contributed by atoms with E-state index in [9.17, 15) is 9.18 Å². The van der Waals surface area contributed by atoms with Crippen molar-refractivity contribution >= 4 is 5.78 Å². The van der Waals surface area contributed by atoms with Gasteiger partial charge in [0.05, 0.1) is 6.54 Å². The minimum atomic E-state index is -0.955. The molecule has 1 aliphatic rings. The van der Waals surface area contributed by atoms with E-state index in [4.69, 9.17) is 5.73 Å². The van der Waals surface area contributed by atoms with Crippen molar-refractivity contribution in [2.75, 3.05) is 6.54 Å². The van der Waals surface area contributed by atoms with Gasteiger partial charge in [0.2, 0.25) is 0 Å². The molecular formula is C14H19FN2O. The SMILES string of the molecule is N[C@@H]1CC[C@@H](NCC(=O)c2ccccc2)C[C@@H]1F. The van der Waals surface area contributed by atoms with E-state index in [1.807, 2.05) is 18.2 Å². The standard InChI is InChI=1S/C14H19FN2O/c15-12-8-11(6-7-13(12)16)17-9-14(18)10-4-2-1-3-5-10/h1-5,11-13,17H,6-9,16H2/t11-,12+,13-/m1/s1. The summed E-state index contributed by atoms with van der Waals surface area (Å²) in [5.74, 6) is 0.0425. The summed E-state index contributed by atoms with van der Waals surface area (Å²) in [7, 11) is 0. The number of carbonyl (C=O) groups is 1. The molecule has 0 spiro atoms. The number of hydrogen-bond acceptors (Lipinski definition) is 3. The first-order chi connectivity index (χ1) is 8.66. The van der Waals surface area contributed by atoms with Gasteiger partial charge in [0.1, 0.15) is 6.17 Å². The zero-order chi connectivity index (χ0) is 13.0. The highest BCUT2D eigenvalue weighted by molar-refractivity contribution is 5.97. The normalized spacial score (nSPS) is 28.0. The number of benzene rings is 1. The Kier molecular flexibility index (Phi) is 4.44. The lowest BCUT2D eigenvalue weighted by atomic mass is 9.90. The fourth-order valence-electron chi connectivity index (χ4n) is 2.29. The topological polar surface area (TPSA) is 55.1 Å². The smallest absolute Gasteiger partial charge is 0.176 e. The second-order valence-corrected chi connectivity index (χ2v) is 4.86. The molecule has 1 fully saturated rings.